The van der Waals surface area contributed by atoms with Gasteiger partial charge < -0.3 is 36.2 Å². The fraction of sp³-hybridized carbons (Fsp3) is 0.607. The number of halogens is 1. The third-order valence-electron chi connectivity index (χ3n) is 7.39. The van der Waals surface area contributed by atoms with Crippen molar-refractivity contribution in [1.29, 1.82) is 5.41 Å². The van der Waals surface area contributed by atoms with Gasteiger partial charge in [-0.15, -0.1) is 0 Å². The van der Waals surface area contributed by atoms with Gasteiger partial charge in [0.15, 0.2) is 11.7 Å². The van der Waals surface area contributed by atoms with E-state index in [0.29, 0.717) is 51.1 Å². The van der Waals surface area contributed by atoms with Crippen molar-refractivity contribution in [3.63, 3.8) is 0 Å². The number of carbonyl (C=O) groups is 4. The monoisotopic (exact) mass is 575 g/mol. The van der Waals surface area contributed by atoms with Crippen molar-refractivity contribution in [3.8, 4) is 0 Å². The van der Waals surface area contributed by atoms with E-state index in [0.717, 1.165) is 18.8 Å². The van der Waals surface area contributed by atoms with Crippen molar-refractivity contribution >= 4 is 35.2 Å². The summed E-state index contributed by atoms with van der Waals surface area (Å²) in [5.41, 5.74) is 6.66. The molecule has 0 radical (unpaired) electrons. The summed E-state index contributed by atoms with van der Waals surface area (Å²) in [5, 5.41) is 15.3. The van der Waals surface area contributed by atoms with E-state index in [9.17, 15) is 23.6 Å². The molecule has 13 heteroatoms. The smallest absolute Gasteiger partial charge is 0.251 e. The number of anilines is 1. The highest BCUT2D eigenvalue weighted by molar-refractivity contribution is 5.99. The number of guanidine groups is 1. The number of rotatable bonds is 13. The van der Waals surface area contributed by atoms with E-state index < -0.39 is 42.4 Å². The normalized spacial score (nSPS) is 18.5. The number of nitrogens with one attached hydrogen (secondary N) is 4. The van der Waals surface area contributed by atoms with Gasteiger partial charge in [-0.1, -0.05) is 13.8 Å². The summed E-state index contributed by atoms with van der Waals surface area (Å²) in [6, 6.07) is 4.44. The summed E-state index contributed by atoms with van der Waals surface area (Å²) in [7, 11) is 0. The quantitative estimate of drug-likeness (QED) is 0.129. The molecule has 3 atom stereocenters. The lowest BCUT2D eigenvalue weighted by atomic mass is 10.0. The molecule has 0 aliphatic carbocycles. The van der Waals surface area contributed by atoms with Gasteiger partial charge in [0.25, 0.3) is 5.91 Å². The van der Waals surface area contributed by atoms with Crippen LogP contribution in [0.1, 0.15) is 49.9 Å². The predicted octanol–water partition coefficient (Wildman–Crippen LogP) is 0.555. The standard InChI is InChI=1S/C28H42FN7O5/c1-18(2)24(34-25(38)19-7-9-20(10-8-19)35-13-15-41-16-14-35)27(40)36-12-4-6-22(36)26(39)33-21(23(37)17-29)5-3-11-32-28(30)31/h7-10,18,21-22,24H,3-6,11-17H2,1-2H3,(H,33,39)(H,34,38)(H4,30,31,32)/t21-,22-,24?/m0/s1. The van der Waals surface area contributed by atoms with Gasteiger partial charge in [-0.2, -0.15) is 0 Å². The van der Waals surface area contributed by atoms with E-state index >= 15 is 0 Å². The van der Waals surface area contributed by atoms with E-state index in [1.54, 1.807) is 12.1 Å². The highest BCUT2D eigenvalue weighted by atomic mass is 19.1. The summed E-state index contributed by atoms with van der Waals surface area (Å²) in [6.45, 7) is 5.90. The van der Waals surface area contributed by atoms with Gasteiger partial charge in [-0.05, 0) is 55.9 Å². The molecule has 226 valence electrons. The van der Waals surface area contributed by atoms with Gasteiger partial charge in [0.05, 0.1) is 19.3 Å². The number of Topliss-reactive ketones (excluding diaryl/α,β-unsaturated/α-hetero) is 1. The highest BCUT2D eigenvalue weighted by Crippen LogP contribution is 2.22. The van der Waals surface area contributed by atoms with Crippen LogP contribution in [-0.4, -0.2) is 98.6 Å². The summed E-state index contributed by atoms with van der Waals surface area (Å²) in [4.78, 5) is 55.7. The molecule has 12 nitrogen and oxygen atoms in total. The van der Waals surface area contributed by atoms with Crippen LogP contribution in [0.5, 0.6) is 0 Å². The second-order valence-electron chi connectivity index (χ2n) is 10.7. The molecule has 0 saturated carbocycles. The number of hydrogen-bond donors (Lipinski definition) is 5. The Morgan fingerprint density at radius 2 is 1.78 bits per heavy atom. The zero-order valence-electron chi connectivity index (χ0n) is 23.8. The number of likely N-dealkylation sites (tertiary alicyclic amines) is 1. The molecular weight excluding hydrogens is 533 g/mol. The van der Waals surface area contributed by atoms with E-state index in [2.05, 4.69) is 20.9 Å². The highest BCUT2D eigenvalue weighted by Gasteiger charge is 2.39. The van der Waals surface area contributed by atoms with Gasteiger partial charge >= 0.3 is 0 Å². The molecule has 2 aliphatic heterocycles. The molecule has 41 heavy (non-hydrogen) atoms. The van der Waals surface area contributed by atoms with E-state index in [-0.39, 0.29) is 24.2 Å². The maximum atomic E-state index is 13.6. The van der Waals surface area contributed by atoms with E-state index in [1.807, 2.05) is 26.0 Å². The van der Waals surface area contributed by atoms with Crippen LogP contribution in [0.25, 0.3) is 0 Å². The number of hydrogen-bond acceptors (Lipinski definition) is 7. The second kappa shape index (κ2) is 15.3. The lowest BCUT2D eigenvalue weighted by Gasteiger charge is -2.31. The Hall–Kier alpha value is -3.74. The van der Waals surface area contributed by atoms with E-state index in [4.69, 9.17) is 15.9 Å². The summed E-state index contributed by atoms with van der Waals surface area (Å²) in [5.74, 6) is -2.54. The molecule has 3 rings (SSSR count). The molecule has 0 aromatic heterocycles. The van der Waals surface area contributed by atoms with Gasteiger partial charge in [0.1, 0.15) is 18.8 Å². The molecule has 6 N–H and O–H groups in total. The van der Waals surface area contributed by atoms with Gasteiger partial charge in [-0.25, -0.2) is 4.39 Å². The summed E-state index contributed by atoms with van der Waals surface area (Å²) in [6.07, 6.45) is 1.50. The minimum absolute atomic E-state index is 0.157. The number of benzene rings is 1. The molecular formula is C28H42FN7O5. The summed E-state index contributed by atoms with van der Waals surface area (Å²) >= 11 is 0. The third-order valence-corrected chi connectivity index (χ3v) is 7.39. The Bertz CT molecular complexity index is 1080. The van der Waals surface area contributed by atoms with Crippen LogP contribution in [0.3, 0.4) is 0 Å². The topological polar surface area (TPSA) is 170 Å². The van der Waals surface area contributed by atoms with Crippen LogP contribution in [0.2, 0.25) is 0 Å². The first-order valence-electron chi connectivity index (χ1n) is 14.1. The Morgan fingerprint density at radius 3 is 2.39 bits per heavy atom. The van der Waals surface area contributed by atoms with Crippen LogP contribution in [0, 0.1) is 11.3 Å². The van der Waals surface area contributed by atoms with Crippen molar-refractivity contribution in [2.45, 2.75) is 57.7 Å². The van der Waals surface area contributed by atoms with Crippen molar-refractivity contribution in [3.05, 3.63) is 29.8 Å². The molecule has 2 fully saturated rings. The summed E-state index contributed by atoms with van der Waals surface area (Å²) < 4.78 is 18.6. The first kappa shape index (κ1) is 31.8. The number of nitrogens with two attached hydrogens (primary N) is 1. The molecule has 2 aliphatic rings. The first-order valence-corrected chi connectivity index (χ1v) is 14.1. The lowest BCUT2D eigenvalue weighted by Crippen LogP contribution is -2.56. The van der Waals surface area contributed by atoms with Crippen molar-refractivity contribution < 1.29 is 28.3 Å². The Kier molecular flexibility index (Phi) is 11.9. The number of amides is 3. The number of alkyl halides is 1. The van der Waals surface area contributed by atoms with Crippen molar-refractivity contribution in [2.24, 2.45) is 11.7 Å². The SMILES string of the molecule is CC(C)C(NC(=O)c1ccc(N2CCOCC2)cc1)C(=O)N1CCC[C@H]1C(=O)N[C@@H](CCCNC(=N)N)C(=O)CF. The van der Waals surface area contributed by atoms with Crippen LogP contribution < -0.4 is 26.6 Å². The molecule has 0 bridgehead atoms. The minimum atomic E-state index is -1.23. The predicted molar refractivity (Wildman–Crippen MR) is 152 cm³/mol. The largest absolute Gasteiger partial charge is 0.378 e. The molecule has 1 aromatic carbocycles. The molecule has 3 amide bonds. The number of ether oxygens (including phenoxy) is 1. The average molecular weight is 576 g/mol. The zero-order chi connectivity index (χ0) is 29.9. The Labute approximate surface area is 240 Å². The molecule has 1 aromatic rings. The molecule has 0 spiro atoms. The van der Waals surface area contributed by atoms with E-state index in [1.165, 1.54) is 4.90 Å². The Morgan fingerprint density at radius 1 is 1.10 bits per heavy atom. The van der Waals surface area contributed by atoms with Crippen LogP contribution in [0.4, 0.5) is 10.1 Å². The third kappa shape index (κ3) is 8.87. The number of ketones is 1. The van der Waals surface area contributed by atoms with Crippen molar-refractivity contribution in [2.75, 3.05) is 51.0 Å². The van der Waals surface area contributed by atoms with Gasteiger partial charge in [0, 0.05) is 37.4 Å². The number of carbonyl (C=O) groups excluding carboxylic acids is 4. The van der Waals surface area contributed by atoms with Crippen molar-refractivity contribution in [1.82, 2.24) is 20.9 Å². The fourth-order valence-corrected chi connectivity index (χ4v) is 5.07. The molecule has 1 unspecified atom stereocenters. The average Bonchev–Trinajstić information content (AvgIpc) is 3.47. The molecule has 2 heterocycles. The first-order chi connectivity index (χ1) is 19.6. The van der Waals surface area contributed by atoms with Gasteiger partial charge in [0.2, 0.25) is 11.8 Å². The maximum Gasteiger partial charge on any atom is 0.251 e. The number of morpholine rings is 1. The second-order valence-corrected chi connectivity index (χ2v) is 10.7. The fourth-order valence-electron chi connectivity index (χ4n) is 5.07. The maximum absolute atomic E-state index is 13.6. The van der Waals surface area contributed by atoms with Crippen LogP contribution in [0.15, 0.2) is 24.3 Å². The zero-order valence-corrected chi connectivity index (χ0v) is 23.8. The molecule has 2 saturated heterocycles. The van der Waals surface area contributed by atoms with Crippen LogP contribution >= 0.6 is 0 Å². The Balaban J connectivity index is 1.63. The minimum Gasteiger partial charge on any atom is -0.378 e. The lowest BCUT2D eigenvalue weighted by molar-refractivity contribution is -0.141. The van der Waals surface area contributed by atoms with Crippen LogP contribution in [-0.2, 0) is 19.1 Å². The number of nitrogens with zero attached hydrogens (tertiary/aromatic N) is 2. The van der Waals surface area contributed by atoms with Gasteiger partial charge in [-0.3, -0.25) is 24.6 Å².